The minimum Gasteiger partial charge on any atom is -0.494 e. The summed E-state index contributed by atoms with van der Waals surface area (Å²) in [6.07, 6.45) is 3.02. The zero-order valence-electron chi connectivity index (χ0n) is 14.2. The lowest BCUT2D eigenvalue weighted by Gasteiger charge is -2.32. The topological polar surface area (TPSA) is 53.3 Å². The van der Waals surface area contributed by atoms with Gasteiger partial charge in [-0.05, 0) is 55.5 Å². The van der Waals surface area contributed by atoms with E-state index < -0.39 is 0 Å². The molecule has 3 rings (SSSR count). The minimum absolute atomic E-state index is 0.0242. The van der Waals surface area contributed by atoms with Crippen LogP contribution in [0, 0.1) is 17.2 Å². The van der Waals surface area contributed by atoms with E-state index in [4.69, 9.17) is 10.00 Å². The Balaban J connectivity index is 1.45. The summed E-state index contributed by atoms with van der Waals surface area (Å²) >= 11 is 0. The van der Waals surface area contributed by atoms with E-state index in [1.807, 2.05) is 35.2 Å². The maximum atomic E-state index is 12.6. The largest absolute Gasteiger partial charge is 0.494 e. The molecule has 2 aromatic carbocycles. The highest BCUT2D eigenvalue weighted by Gasteiger charge is 2.23. The van der Waals surface area contributed by atoms with Crippen LogP contribution < -0.4 is 4.74 Å². The van der Waals surface area contributed by atoms with Gasteiger partial charge in [0.05, 0.1) is 18.2 Å². The lowest BCUT2D eigenvalue weighted by Crippen LogP contribution is -2.38. The first-order valence-corrected chi connectivity index (χ1v) is 8.73. The molecule has 1 heterocycles. The number of nitrogens with zero attached hydrogens (tertiary/aromatic N) is 2. The highest BCUT2D eigenvalue weighted by Crippen LogP contribution is 2.22. The second-order valence-electron chi connectivity index (χ2n) is 6.38. The van der Waals surface area contributed by atoms with Crippen LogP contribution in [-0.2, 0) is 0 Å². The van der Waals surface area contributed by atoms with Gasteiger partial charge in [0.2, 0.25) is 0 Å². The molecule has 0 bridgehead atoms. The molecule has 0 atom stereocenters. The van der Waals surface area contributed by atoms with Gasteiger partial charge in [-0.2, -0.15) is 5.26 Å². The summed E-state index contributed by atoms with van der Waals surface area (Å²) in [7, 11) is 0. The Kier molecular flexibility index (Phi) is 5.69. The molecule has 2 aromatic rings. The maximum absolute atomic E-state index is 12.6. The van der Waals surface area contributed by atoms with E-state index >= 15 is 0 Å². The van der Waals surface area contributed by atoms with Gasteiger partial charge in [0.1, 0.15) is 5.75 Å². The summed E-state index contributed by atoms with van der Waals surface area (Å²) < 4.78 is 5.77. The van der Waals surface area contributed by atoms with Gasteiger partial charge in [0.15, 0.2) is 0 Å². The van der Waals surface area contributed by atoms with E-state index in [9.17, 15) is 4.79 Å². The molecule has 0 aliphatic carbocycles. The average Bonchev–Trinajstić information content (AvgIpc) is 2.69. The maximum Gasteiger partial charge on any atom is 0.253 e. The Morgan fingerprint density at radius 1 is 1.12 bits per heavy atom. The number of likely N-dealkylation sites (tertiary alicyclic amines) is 1. The van der Waals surface area contributed by atoms with E-state index in [1.165, 1.54) is 0 Å². The van der Waals surface area contributed by atoms with Crippen molar-refractivity contribution in [3.05, 3.63) is 65.7 Å². The summed E-state index contributed by atoms with van der Waals surface area (Å²) in [5.74, 6) is 1.53. The third kappa shape index (κ3) is 4.60. The molecule has 4 nitrogen and oxygen atoms in total. The Bertz CT molecular complexity index is 744. The molecule has 0 saturated carbocycles. The number of piperidine rings is 1. The summed E-state index contributed by atoms with van der Waals surface area (Å²) in [6, 6.07) is 18.9. The van der Waals surface area contributed by atoms with Gasteiger partial charge in [0, 0.05) is 18.7 Å². The fraction of sp³-hybridized carbons (Fsp3) is 0.333. The third-order valence-corrected chi connectivity index (χ3v) is 4.68. The number of carbonyl (C=O) groups is 1. The van der Waals surface area contributed by atoms with Crippen molar-refractivity contribution >= 4 is 5.91 Å². The van der Waals surface area contributed by atoms with Crippen LogP contribution in [-0.4, -0.2) is 30.5 Å². The van der Waals surface area contributed by atoms with Crippen LogP contribution in [0.1, 0.15) is 35.2 Å². The standard InChI is InChI=1S/C21H22N2O2/c22-16-18-5-4-6-19(15-18)21(24)23-12-9-17(10-13-23)11-14-25-20-7-2-1-3-8-20/h1-8,15,17H,9-14H2. The highest BCUT2D eigenvalue weighted by atomic mass is 16.5. The molecule has 0 spiro atoms. The Hall–Kier alpha value is -2.80. The first-order valence-electron chi connectivity index (χ1n) is 8.73. The van der Waals surface area contributed by atoms with Gasteiger partial charge in [-0.25, -0.2) is 0 Å². The van der Waals surface area contributed by atoms with Gasteiger partial charge in [-0.15, -0.1) is 0 Å². The molecule has 1 aliphatic rings. The summed E-state index contributed by atoms with van der Waals surface area (Å²) in [5.41, 5.74) is 1.13. The number of hydrogen-bond acceptors (Lipinski definition) is 3. The quantitative estimate of drug-likeness (QED) is 0.834. The second-order valence-corrected chi connectivity index (χ2v) is 6.38. The van der Waals surface area contributed by atoms with Crippen molar-refractivity contribution in [2.45, 2.75) is 19.3 Å². The Labute approximate surface area is 148 Å². The number of rotatable bonds is 5. The summed E-state index contributed by atoms with van der Waals surface area (Å²) in [5, 5.41) is 8.97. The predicted octanol–water partition coefficient (Wildman–Crippen LogP) is 3.88. The lowest BCUT2D eigenvalue weighted by atomic mass is 9.93. The van der Waals surface area contributed by atoms with Crippen molar-refractivity contribution in [3.63, 3.8) is 0 Å². The number of benzene rings is 2. The van der Waals surface area contributed by atoms with Crippen molar-refractivity contribution in [3.8, 4) is 11.8 Å². The molecule has 25 heavy (non-hydrogen) atoms. The molecular weight excluding hydrogens is 312 g/mol. The van der Waals surface area contributed by atoms with Crippen LogP contribution in [0.3, 0.4) is 0 Å². The van der Waals surface area contributed by atoms with Crippen LogP contribution in [0.4, 0.5) is 0 Å². The van der Waals surface area contributed by atoms with Crippen molar-refractivity contribution in [2.75, 3.05) is 19.7 Å². The van der Waals surface area contributed by atoms with E-state index in [2.05, 4.69) is 6.07 Å². The molecule has 0 N–H and O–H groups in total. The molecular formula is C21H22N2O2. The molecule has 0 radical (unpaired) electrons. The van der Waals surface area contributed by atoms with Crippen LogP contribution >= 0.6 is 0 Å². The first-order chi connectivity index (χ1) is 12.3. The van der Waals surface area contributed by atoms with E-state index in [1.54, 1.807) is 24.3 Å². The van der Waals surface area contributed by atoms with Crippen LogP contribution in [0.15, 0.2) is 54.6 Å². The fourth-order valence-corrected chi connectivity index (χ4v) is 3.19. The van der Waals surface area contributed by atoms with E-state index in [0.29, 0.717) is 23.7 Å². The molecule has 1 saturated heterocycles. The van der Waals surface area contributed by atoms with Crippen molar-refractivity contribution in [1.82, 2.24) is 4.90 Å². The smallest absolute Gasteiger partial charge is 0.253 e. The zero-order chi connectivity index (χ0) is 17.5. The monoisotopic (exact) mass is 334 g/mol. The van der Waals surface area contributed by atoms with Gasteiger partial charge in [0.25, 0.3) is 5.91 Å². The van der Waals surface area contributed by atoms with Gasteiger partial charge >= 0.3 is 0 Å². The van der Waals surface area contributed by atoms with Crippen LogP contribution in [0.25, 0.3) is 0 Å². The van der Waals surface area contributed by atoms with Crippen molar-refractivity contribution in [1.29, 1.82) is 5.26 Å². The highest BCUT2D eigenvalue weighted by molar-refractivity contribution is 5.94. The molecule has 128 valence electrons. The van der Waals surface area contributed by atoms with Crippen molar-refractivity contribution < 1.29 is 9.53 Å². The average molecular weight is 334 g/mol. The van der Waals surface area contributed by atoms with E-state index in [-0.39, 0.29) is 5.91 Å². The number of nitriles is 1. The third-order valence-electron chi connectivity index (χ3n) is 4.68. The molecule has 0 aromatic heterocycles. The number of amides is 1. The SMILES string of the molecule is N#Cc1cccc(C(=O)N2CCC(CCOc3ccccc3)CC2)c1. The molecule has 1 fully saturated rings. The predicted molar refractivity (Wildman–Crippen MR) is 96.3 cm³/mol. The minimum atomic E-state index is 0.0242. The second kappa shape index (κ2) is 8.34. The van der Waals surface area contributed by atoms with Crippen LogP contribution in [0.5, 0.6) is 5.75 Å². The summed E-state index contributed by atoms with van der Waals surface area (Å²) in [4.78, 5) is 14.5. The zero-order valence-corrected chi connectivity index (χ0v) is 14.2. The first kappa shape index (κ1) is 17.0. The van der Waals surface area contributed by atoms with E-state index in [0.717, 1.165) is 38.1 Å². The van der Waals surface area contributed by atoms with Gasteiger partial charge in [-0.3, -0.25) is 4.79 Å². The van der Waals surface area contributed by atoms with Crippen molar-refractivity contribution in [2.24, 2.45) is 5.92 Å². The Morgan fingerprint density at radius 2 is 1.88 bits per heavy atom. The fourth-order valence-electron chi connectivity index (χ4n) is 3.19. The molecule has 4 heteroatoms. The molecule has 1 aliphatic heterocycles. The number of hydrogen-bond donors (Lipinski definition) is 0. The number of para-hydroxylation sites is 1. The van der Waals surface area contributed by atoms with Gasteiger partial charge < -0.3 is 9.64 Å². The lowest BCUT2D eigenvalue weighted by molar-refractivity contribution is 0.0680. The molecule has 0 unspecified atom stereocenters. The van der Waals surface area contributed by atoms with Gasteiger partial charge in [-0.1, -0.05) is 24.3 Å². The molecule has 1 amide bonds. The summed E-state index contributed by atoms with van der Waals surface area (Å²) in [6.45, 7) is 2.25. The number of ether oxygens (including phenoxy) is 1. The van der Waals surface area contributed by atoms with Crippen LogP contribution in [0.2, 0.25) is 0 Å². The Morgan fingerprint density at radius 3 is 2.60 bits per heavy atom. The number of carbonyl (C=O) groups excluding carboxylic acids is 1. The normalized spacial score (nSPS) is 14.8.